The van der Waals surface area contributed by atoms with Crippen LogP contribution in [0, 0.1) is 15.9 Å². The van der Waals surface area contributed by atoms with E-state index in [9.17, 15) is 19.3 Å². The molecule has 0 aliphatic carbocycles. The number of rotatable bonds is 3. The maximum Gasteiger partial charge on any atom is 0.295 e. The molecule has 1 unspecified atom stereocenters. The second kappa shape index (κ2) is 5.19. The van der Waals surface area contributed by atoms with Crippen LogP contribution in [0.3, 0.4) is 0 Å². The minimum atomic E-state index is -0.693. The quantitative estimate of drug-likeness (QED) is 0.593. The highest BCUT2D eigenvalue weighted by molar-refractivity contribution is 5.85. The Kier molecular flexibility index (Phi) is 3.61. The monoisotopic (exact) mass is 268 g/mol. The molecule has 0 radical (unpaired) electrons. The lowest BCUT2D eigenvalue weighted by Crippen LogP contribution is -2.57. The number of carbonyl (C=O) groups excluding carboxylic acids is 1. The zero-order chi connectivity index (χ0) is 14.0. The number of nitro benzene ring substituents is 1. The molecule has 19 heavy (non-hydrogen) atoms. The number of benzene rings is 1. The summed E-state index contributed by atoms with van der Waals surface area (Å²) in [4.78, 5) is 23.2. The van der Waals surface area contributed by atoms with Crippen LogP contribution in [-0.2, 0) is 4.79 Å². The van der Waals surface area contributed by atoms with Gasteiger partial charge in [-0.15, -0.1) is 0 Å². The number of hydrogen-bond acceptors (Lipinski definition) is 5. The Morgan fingerprint density at radius 3 is 2.95 bits per heavy atom. The van der Waals surface area contributed by atoms with Gasteiger partial charge in [0.15, 0.2) is 0 Å². The summed E-state index contributed by atoms with van der Waals surface area (Å²) in [6, 6.07) is 2.59. The Hall–Kier alpha value is -2.22. The van der Waals surface area contributed by atoms with Crippen molar-refractivity contribution in [3.8, 4) is 0 Å². The summed E-state index contributed by atoms with van der Waals surface area (Å²) < 4.78 is 13.1. The van der Waals surface area contributed by atoms with Gasteiger partial charge in [0.2, 0.25) is 5.91 Å². The molecule has 1 heterocycles. The van der Waals surface area contributed by atoms with E-state index in [1.165, 1.54) is 11.0 Å². The van der Waals surface area contributed by atoms with E-state index < -0.39 is 22.7 Å². The minimum absolute atomic E-state index is 0.205. The first-order valence-corrected chi connectivity index (χ1v) is 5.71. The molecule has 0 aromatic heterocycles. The number of nitrogens with one attached hydrogen (secondary N) is 1. The van der Waals surface area contributed by atoms with Crippen LogP contribution in [-0.4, -0.2) is 36.5 Å². The van der Waals surface area contributed by atoms with Crippen LogP contribution in [0.2, 0.25) is 0 Å². The van der Waals surface area contributed by atoms with E-state index in [0.717, 1.165) is 12.1 Å². The van der Waals surface area contributed by atoms with Gasteiger partial charge in [0.05, 0.1) is 11.0 Å². The maximum absolute atomic E-state index is 13.1. The van der Waals surface area contributed by atoms with E-state index in [1.54, 1.807) is 0 Å². The summed E-state index contributed by atoms with van der Waals surface area (Å²) in [5.74, 6) is -1.27. The number of nitro groups is 1. The van der Waals surface area contributed by atoms with Crippen LogP contribution in [0.4, 0.5) is 15.8 Å². The molecular weight excluding hydrogens is 255 g/mol. The van der Waals surface area contributed by atoms with Gasteiger partial charge in [-0.3, -0.25) is 14.9 Å². The minimum Gasteiger partial charge on any atom is -0.368 e. The fourth-order valence-corrected chi connectivity index (χ4v) is 2.13. The first-order chi connectivity index (χ1) is 9.00. The Morgan fingerprint density at radius 2 is 2.32 bits per heavy atom. The Labute approximate surface area is 108 Å². The number of nitrogens with zero attached hydrogens (tertiary/aromatic N) is 2. The number of nitrogens with two attached hydrogens (primary N) is 1. The average Bonchev–Trinajstić information content (AvgIpc) is 2.38. The molecule has 2 rings (SSSR count). The van der Waals surface area contributed by atoms with Crippen LogP contribution < -0.4 is 16.0 Å². The molecule has 1 aromatic rings. The van der Waals surface area contributed by atoms with Crippen molar-refractivity contribution < 1.29 is 14.1 Å². The van der Waals surface area contributed by atoms with Crippen molar-refractivity contribution in [2.75, 3.05) is 24.5 Å². The standard InChI is InChI=1S/C11H13FN4O3/c12-7-1-2-8(9(5-7)16(18)19)15-4-3-14-6-10(15)11(13)17/h1-2,5,10,14H,3-4,6H2,(H2,13,17). The third-order valence-corrected chi connectivity index (χ3v) is 3.02. The lowest BCUT2D eigenvalue weighted by atomic mass is 10.1. The molecule has 102 valence electrons. The molecule has 7 nitrogen and oxygen atoms in total. The maximum atomic E-state index is 13.1. The van der Waals surface area contributed by atoms with E-state index in [2.05, 4.69) is 5.32 Å². The number of primary amides is 1. The van der Waals surface area contributed by atoms with Gasteiger partial charge in [0.1, 0.15) is 17.5 Å². The third kappa shape index (κ3) is 2.63. The molecule has 1 saturated heterocycles. The van der Waals surface area contributed by atoms with Gasteiger partial charge < -0.3 is 16.0 Å². The molecule has 1 aliphatic rings. The molecule has 8 heteroatoms. The zero-order valence-electron chi connectivity index (χ0n) is 10.0. The van der Waals surface area contributed by atoms with Crippen molar-refractivity contribution in [1.82, 2.24) is 5.32 Å². The van der Waals surface area contributed by atoms with E-state index in [4.69, 9.17) is 5.73 Å². The normalized spacial score (nSPS) is 19.2. The smallest absolute Gasteiger partial charge is 0.295 e. The highest BCUT2D eigenvalue weighted by atomic mass is 19.1. The van der Waals surface area contributed by atoms with E-state index in [0.29, 0.717) is 19.6 Å². The average molecular weight is 268 g/mol. The van der Waals surface area contributed by atoms with Gasteiger partial charge >= 0.3 is 0 Å². The second-order valence-corrected chi connectivity index (χ2v) is 4.21. The fourth-order valence-electron chi connectivity index (χ4n) is 2.13. The second-order valence-electron chi connectivity index (χ2n) is 4.21. The summed E-state index contributed by atoms with van der Waals surface area (Å²) >= 11 is 0. The largest absolute Gasteiger partial charge is 0.368 e. The predicted octanol–water partition coefficient (Wildman–Crippen LogP) is -0.00260. The molecule has 1 aromatic carbocycles. The number of anilines is 1. The summed E-state index contributed by atoms with van der Waals surface area (Å²) in [5.41, 5.74) is 5.12. The summed E-state index contributed by atoms with van der Waals surface area (Å²) in [7, 11) is 0. The van der Waals surface area contributed by atoms with Crippen LogP contribution in [0.25, 0.3) is 0 Å². The van der Waals surface area contributed by atoms with Crippen LogP contribution in [0.5, 0.6) is 0 Å². The number of hydrogen-bond donors (Lipinski definition) is 2. The topological polar surface area (TPSA) is 102 Å². The van der Waals surface area contributed by atoms with Gasteiger partial charge in [0.25, 0.3) is 5.69 Å². The molecule has 1 amide bonds. The number of piperazine rings is 1. The van der Waals surface area contributed by atoms with E-state index in [1.807, 2.05) is 0 Å². The van der Waals surface area contributed by atoms with Crippen LogP contribution >= 0.6 is 0 Å². The summed E-state index contributed by atoms with van der Waals surface area (Å²) in [6.07, 6.45) is 0. The Morgan fingerprint density at radius 1 is 1.58 bits per heavy atom. The van der Waals surface area contributed by atoms with E-state index in [-0.39, 0.29) is 11.4 Å². The molecule has 1 atom stereocenters. The Balaban J connectivity index is 2.44. The van der Waals surface area contributed by atoms with Crippen molar-refractivity contribution in [1.29, 1.82) is 0 Å². The SMILES string of the molecule is NC(=O)C1CNCCN1c1ccc(F)cc1[N+](=O)[O-]. The molecule has 1 fully saturated rings. The van der Waals surface area contributed by atoms with Crippen LogP contribution in [0.1, 0.15) is 0 Å². The molecular formula is C11H13FN4O3. The van der Waals surface area contributed by atoms with Crippen molar-refractivity contribution in [2.24, 2.45) is 5.73 Å². The van der Waals surface area contributed by atoms with Gasteiger partial charge in [-0.25, -0.2) is 4.39 Å². The number of carbonyl (C=O) groups is 1. The van der Waals surface area contributed by atoms with Crippen molar-refractivity contribution >= 4 is 17.3 Å². The lowest BCUT2D eigenvalue weighted by molar-refractivity contribution is -0.384. The lowest BCUT2D eigenvalue weighted by Gasteiger charge is -2.35. The summed E-state index contributed by atoms with van der Waals surface area (Å²) in [6.45, 7) is 1.27. The molecule has 0 bridgehead atoms. The van der Waals surface area contributed by atoms with Gasteiger partial charge in [0, 0.05) is 19.6 Å². The van der Waals surface area contributed by atoms with Crippen LogP contribution in [0.15, 0.2) is 18.2 Å². The summed E-state index contributed by atoms with van der Waals surface area (Å²) in [5, 5.41) is 14.0. The predicted molar refractivity (Wildman–Crippen MR) is 66.3 cm³/mol. The highest BCUT2D eigenvalue weighted by Crippen LogP contribution is 2.30. The third-order valence-electron chi connectivity index (χ3n) is 3.02. The molecule has 0 saturated carbocycles. The molecule has 0 spiro atoms. The first-order valence-electron chi connectivity index (χ1n) is 5.71. The van der Waals surface area contributed by atoms with Crippen molar-refractivity contribution in [3.63, 3.8) is 0 Å². The van der Waals surface area contributed by atoms with E-state index >= 15 is 0 Å². The number of amides is 1. The fraction of sp³-hybridized carbons (Fsp3) is 0.364. The number of halogens is 1. The Bertz CT molecular complexity index is 523. The highest BCUT2D eigenvalue weighted by Gasteiger charge is 2.31. The van der Waals surface area contributed by atoms with Gasteiger partial charge in [-0.2, -0.15) is 0 Å². The van der Waals surface area contributed by atoms with Gasteiger partial charge in [-0.1, -0.05) is 0 Å². The van der Waals surface area contributed by atoms with Gasteiger partial charge in [-0.05, 0) is 12.1 Å². The zero-order valence-corrected chi connectivity index (χ0v) is 10.0. The van der Waals surface area contributed by atoms with Crippen molar-refractivity contribution in [3.05, 3.63) is 34.1 Å². The molecule has 1 aliphatic heterocycles. The first kappa shape index (κ1) is 13.2. The van der Waals surface area contributed by atoms with Crippen molar-refractivity contribution in [2.45, 2.75) is 6.04 Å². The molecule has 3 N–H and O–H groups in total.